The normalized spacial score (nSPS) is 12.3. The fourth-order valence-electron chi connectivity index (χ4n) is 1.54. The monoisotopic (exact) mass is 288 g/mol. The second kappa shape index (κ2) is 6.98. The number of hydrogen-bond acceptors (Lipinski definition) is 2. The first kappa shape index (κ1) is 15.3. The number of nitrogens with zero attached hydrogens (tertiary/aromatic N) is 1. The minimum absolute atomic E-state index is 0.0485. The third-order valence-corrected chi connectivity index (χ3v) is 3.38. The van der Waals surface area contributed by atoms with Crippen molar-refractivity contribution in [3.8, 4) is 0 Å². The average Bonchev–Trinajstić information content (AvgIpc) is 2.30. The van der Waals surface area contributed by atoms with Gasteiger partial charge in [0, 0.05) is 26.1 Å². The van der Waals surface area contributed by atoms with Crippen molar-refractivity contribution in [1.82, 2.24) is 4.90 Å². The van der Waals surface area contributed by atoms with E-state index in [0.29, 0.717) is 29.4 Å². The first-order valence-electron chi connectivity index (χ1n) is 5.83. The number of carbonyl (C=O) groups is 1. The topological polar surface area (TPSA) is 46.3 Å². The van der Waals surface area contributed by atoms with E-state index in [1.807, 2.05) is 13.0 Å². The van der Waals surface area contributed by atoms with Crippen molar-refractivity contribution >= 4 is 29.1 Å². The van der Waals surface area contributed by atoms with Gasteiger partial charge in [0.1, 0.15) is 0 Å². The van der Waals surface area contributed by atoms with Gasteiger partial charge in [-0.2, -0.15) is 0 Å². The predicted molar refractivity (Wildman–Crippen MR) is 75.8 cm³/mol. The van der Waals surface area contributed by atoms with Gasteiger partial charge in [-0.25, -0.2) is 0 Å². The van der Waals surface area contributed by atoms with E-state index in [-0.39, 0.29) is 11.9 Å². The van der Waals surface area contributed by atoms with E-state index in [4.69, 9.17) is 28.9 Å². The molecule has 2 N–H and O–H groups in total. The van der Waals surface area contributed by atoms with Gasteiger partial charge < -0.3 is 10.6 Å². The van der Waals surface area contributed by atoms with Crippen LogP contribution in [0.4, 0.5) is 0 Å². The molecule has 0 saturated heterocycles. The Labute approximate surface area is 118 Å². The molecule has 1 aromatic carbocycles. The van der Waals surface area contributed by atoms with Gasteiger partial charge in [-0.05, 0) is 31.0 Å². The van der Waals surface area contributed by atoms with Crippen LogP contribution in [0.1, 0.15) is 25.3 Å². The number of benzene rings is 1. The third kappa shape index (κ3) is 4.84. The Hall–Kier alpha value is -0.770. The van der Waals surface area contributed by atoms with Crippen LogP contribution < -0.4 is 5.73 Å². The highest BCUT2D eigenvalue weighted by molar-refractivity contribution is 6.42. The Morgan fingerprint density at radius 1 is 1.39 bits per heavy atom. The first-order chi connectivity index (χ1) is 8.40. The molecular weight excluding hydrogens is 271 g/mol. The maximum absolute atomic E-state index is 11.8. The Kier molecular flexibility index (Phi) is 5.93. The summed E-state index contributed by atoms with van der Waals surface area (Å²) >= 11 is 11.8. The summed E-state index contributed by atoms with van der Waals surface area (Å²) in [7, 11) is 1.77. The van der Waals surface area contributed by atoms with E-state index >= 15 is 0 Å². The van der Waals surface area contributed by atoms with Gasteiger partial charge in [-0.3, -0.25) is 4.79 Å². The molecule has 0 aromatic heterocycles. The van der Waals surface area contributed by atoms with Crippen molar-refractivity contribution in [2.75, 3.05) is 7.05 Å². The van der Waals surface area contributed by atoms with E-state index in [1.165, 1.54) is 0 Å². The summed E-state index contributed by atoms with van der Waals surface area (Å²) in [5.41, 5.74) is 6.59. The summed E-state index contributed by atoms with van der Waals surface area (Å²) in [4.78, 5) is 13.5. The molecule has 5 heteroatoms. The molecule has 1 amide bonds. The van der Waals surface area contributed by atoms with Crippen LogP contribution in [-0.2, 0) is 11.3 Å². The van der Waals surface area contributed by atoms with Gasteiger partial charge in [0.2, 0.25) is 5.91 Å². The summed E-state index contributed by atoms with van der Waals surface area (Å²) in [5, 5.41) is 1.02. The minimum Gasteiger partial charge on any atom is -0.341 e. The number of nitrogens with two attached hydrogens (primary N) is 1. The molecule has 1 atom stereocenters. The fraction of sp³-hybridized carbons (Fsp3) is 0.462. The molecule has 0 saturated carbocycles. The lowest BCUT2D eigenvalue weighted by Crippen LogP contribution is -2.27. The summed E-state index contributed by atoms with van der Waals surface area (Å²) in [6.07, 6.45) is 1.17. The number of halogens is 2. The van der Waals surface area contributed by atoms with Crippen molar-refractivity contribution in [2.24, 2.45) is 5.73 Å². The molecule has 18 heavy (non-hydrogen) atoms. The Balaban J connectivity index is 2.55. The van der Waals surface area contributed by atoms with E-state index < -0.39 is 0 Å². The molecule has 0 bridgehead atoms. The quantitative estimate of drug-likeness (QED) is 0.905. The minimum atomic E-state index is 0.0485. The maximum atomic E-state index is 11.8. The molecule has 3 nitrogen and oxygen atoms in total. The van der Waals surface area contributed by atoms with Crippen LogP contribution >= 0.6 is 23.2 Å². The Morgan fingerprint density at radius 2 is 2.06 bits per heavy atom. The number of carbonyl (C=O) groups excluding carboxylic acids is 1. The van der Waals surface area contributed by atoms with Crippen molar-refractivity contribution in [1.29, 1.82) is 0 Å². The molecule has 0 heterocycles. The zero-order chi connectivity index (χ0) is 13.7. The molecular formula is C13H18Cl2N2O. The summed E-state index contributed by atoms with van der Waals surface area (Å²) < 4.78 is 0. The van der Waals surface area contributed by atoms with Crippen LogP contribution in [0.3, 0.4) is 0 Å². The zero-order valence-electron chi connectivity index (χ0n) is 10.6. The fourth-order valence-corrected chi connectivity index (χ4v) is 1.86. The number of rotatable bonds is 5. The molecule has 1 unspecified atom stereocenters. The standard InChI is InChI=1S/C13H18Cl2N2O/c1-9(16)3-6-13(18)17(2)8-10-4-5-11(14)12(15)7-10/h4-5,7,9H,3,6,8,16H2,1-2H3. The number of amides is 1. The third-order valence-electron chi connectivity index (χ3n) is 2.64. The molecule has 0 spiro atoms. The lowest BCUT2D eigenvalue weighted by molar-refractivity contribution is -0.130. The second-order valence-electron chi connectivity index (χ2n) is 4.51. The summed E-state index contributed by atoms with van der Waals surface area (Å²) in [5.74, 6) is 0.0818. The van der Waals surface area contributed by atoms with Crippen molar-refractivity contribution in [3.63, 3.8) is 0 Å². The van der Waals surface area contributed by atoms with E-state index in [0.717, 1.165) is 5.56 Å². The molecule has 0 fully saturated rings. The average molecular weight is 289 g/mol. The van der Waals surface area contributed by atoms with E-state index in [2.05, 4.69) is 0 Å². The Morgan fingerprint density at radius 3 is 2.61 bits per heavy atom. The highest BCUT2D eigenvalue weighted by Gasteiger charge is 2.10. The highest BCUT2D eigenvalue weighted by Crippen LogP contribution is 2.23. The van der Waals surface area contributed by atoms with Gasteiger partial charge in [-0.15, -0.1) is 0 Å². The molecule has 0 aliphatic rings. The molecule has 0 aliphatic heterocycles. The Bertz CT molecular complexity index is 421. The lowest BCUT2D eigenvalue weighted by atomic mass is 10.1. The number of hydrogen-bond donors (Lipinski definition) is 1. The second-order valence-corrected chi connectivity index (χ2v) is 5.33. The summed E-state index contributed by atoms with van der Waals surface area (Å²) in [6, 6.07) is 5.43. The molecule has 0 radical (unpaired) electrons. The maximum Gasteiger partial charge on any atom is 0.222 e. The van der Waals surface area contributed by atoms with Gasteiger partial charge in [-0.1, -0.05) is 29.3 Å². The summed E-state index contributed by atoms with van der Waals surface area (Å²) in [6.45, 7) is 2.42. The van der Waals surface area contributed by atoms with Crippen LogP contribution in [0.2, 0.25) is 10.0 Å². The predicted octanol–water partition coefficient (Wildman–Crippen LogP) is 3.08. The van der Waals surface area contributed by atoms with Gasteiger partial charge in [0.15, 0.2) is 0 Å². The largest absolute Gasteiger partial charge is 0.341 e. The van der Waals surface area contributed by atoms with Crippen molar-refractivity contribution < 1.29 is 4.79 Å². The van der Waals surface area contributed by atoms with Crippen LogP contribution in [0.15, 0.2) is 18.2 Å². The van der Waals surface area contributed by atoms with Crippen LogP contribution in [0.25, 0.3) is 0 Å². The van der Waals surface area contributed by atoms with E-state index in [9.17, 15) is 4.79 Å². The van der Waals surface area contributed by atoms with Crippen molar-refractivity contribution in [2.45, 2.75) is 32.4 Å². The van der Waals surface area contributed by atoms with Crippen molar-refractivity contribution in [3.05, 3.63) is 33.8 Å². The molecule has 0 aliphatic carbocycles. The lowest BCUT2D eigenvalue weighted by Gasteiger charge is -2.18. The zero-order valence-corrected chi connectivity index (χ0v) is 12.1. The highest BCUT2D eigenvalue weighted by atomic mass is 35.5. The van der Waals surface area contributed by atoms with Crippen LogP contribution in [0.5, 0.6) is 0 Å². The van der Waals surface area contributed by atoms with Crippen LogP contribution in [-0.4, -0.2) is 23.9 Å². The molecule has 1 aromatic rings. The molecule has 1 rings (SSSR count). The van der Waals surface area contributed by atoms with Gasteiger partial charge in [0.05, 0.1) is 10.0 Å². The van der Waals surface area contributed by atoms with Gasteiger partial charge in [0.25, 0.3) is 0 Å². The smallest absolute Gasteiger partial charge is 0.222 e. The SMILES string of the molecule is CC(N)CCC(=O)N(C)Cc1ccc(Cl)c(Cl)c1. The van der Waals surface area contributed by atoms with Gasteiger partial charge >= 0.3 is 0 Å². The van der Waals surface area contributed by atoms with Crippen LogP contribution in [0, 0.1) is 0 Å². The van der Waals surface area contributed by atoms with E-state index in [1.54, 1.807) is 24.1 Å². The molecule has 100 valence electrons. The first-order valence-corrected chi connectivity index (χ1v) is 6.59.